The van der Waals surface area contributed by atoms with Gasteiger partial charge in [-0.3, -0.25) is 0 Å². The molecule has 0 heterocycles. The van der Waals surface area contributed by atoms with Crippen LogP contribution in [0.15, 0.2) is 0 Å². The third kappa shape index (κ3) is 4.84. The van der Waals surface area contributed by atoms with Gasteiger partial charge in [0.25, 0.3) is 0 Å². The highest BCUT2D eigenvalue weighted by Gasteiger charge is 2.29. The Morgan fingerprint density at radius 3 is 1.94 bits per heavy atom. The summed E-state index contributed by atoms with van der Waals surface area (Å²) in [5.74, 6) is 2.74. The highest BCUT2D eigenvalue weighted by atomic mass is 15.1. The number of rotatable bonds is 8. The Bertz CT molecular complexity index is 193. The van der Waals surface area contributed by atoms with Gasteiger partial charge < -0.3 is 10.6 Å². The van der Waals surface area contributed by atoms with E-state index in [1.54, 1.807) is 0 Å². The second-order valence-corrected chi connectivity index (χ2v) is 6.49. The Hall–Kier alpha value is -0.0800. The highest BCUT2D eigenvalue weighted by molar-refractivity contribution is 4.84. The fourth-order valence-corrected chi connectivity index (χ4v) is 2.57. The molecule has 2 saturated carbocycles. The van der Waals surface area contributed by atoms with Crippen LogP contribution in [0.5, 0.6) is 0 Å². The van der Waals surface area contributed by atoms with E-state index in [0.29, 0.717) is 6.04 Å². The Kier molecular flexibility index (Phi) is 4.26. The van der Waals surface area contributed by atoms with Gasteiger partial charge in [0.05, 0.1) is 0 Å². The number of nitrogens with zero attached hydrogens (tertiary/aromatic N) is 1. The molecule has 0 bridgehead atoms. The minimum Gasteiger partial charge on any atom is -0.327 e. The zero-order valence-corrected chi connectivity index (χ0v) is 11.0. The lowest BCUT2D eigenvalue weighted by atomic mass is 10.0. The van der Waals surface area contributed by atoms with Crippen LogP contribution >= 0.6 is 0 Å². The van der Waals surface area contributed by atoms with Gasteiger partial charge in [-0.05, 0) is 49.9 Å². The fraction of sp³-hybridized carbons (Fsp3) is 1.00. The van der Waals surface area contributed by atoms with Crippen molar-refractivity contribution in [2.45, 2.75) is 52.0 Å². The van der Waals surface area contributed by atoms with E-state index in [4.69, 9.17) is 5.73 Å². The smallest absolute Gasteiger partial charge is 0.0170 e. The second-order valence-electron chi connectivity index (χ2n) is 6.49. The first-order valence-electron chi connectivity index (χ1n) is 7.11. The van der Waals surface area contributed by atoms with Crippen LogP contribution in [0, 0.1) is 17.8 Å². The van der Waals surface area contributed by atoms with Gasteiger partial charge in [-0.25, -0.2) is 0 Å². The second kappa shape index (κ2) is 5.50. The summed E-state index contributed by atoms with van der Waals surface area (Å²) in [6, 6.07) is 0.387. The Labute approximate surface area is 101 Å². The molecule has 1 unspecified atom stereocenters. The molecule has 2 aliphatic carbocycles. The molecular formula is C14H28N2. The Morgan fingerprint density at radius 1 is 1.06 bits per heavy atom. The van der Waals surface area contributed by atoms with Crippen molar-refractivity contribution in [3.05, 3.63) is 0 Å². The van der Waals surface area contributed by atoms with Crippen LogP contribution in [-0.4, -0.2) is 30.6 Å². The Balaban J connectivity index is 1.70. The van der Waals surface area contributed by atoms with Gasteiger partial charge in [-0.15, -0.1) is 0 Å². The summed E-state index contributed by atoms with van der Waals surface area (Å²) in [6.45, 7) is 8.31. The van der Waals surface area contributed by atoms with E-state index in [1.165, 1.54) is 45.2 Å². The van der Waals surface area contributed by atoms with Gasteiger partial charge in [0, 0.05) is 25.7 Å². The molecule has 0 amide bonds. The summed E-state index contributed by atoms with van der Waals surface area (Å²) in [5.41, 5.74) is 6.23. The van der Waals surface area contributed by atoms with E-state index in [-0.39, 0.29) is 0 Å². The highest BCUT2D eigenvalue weighted by Crippen LogP contribution is 2.33. The lowest BCUT2D eigenvalue weighted by Crippen LogP contribution is -2.40. The van der Waals surface area contributed by atoms with Crippen LogP contribution in [0.3, 0.4) is 0 Å². The predicted octanol–water partition coefficient (Wildman–Crippen LogP) is 2.48. The molecule has 0 aliphatic heterocycles. The molecule has 2 N–H and O–H groups in total. The maximum Gasteiger partial charge on any atom is 0.0170 e. The first-order chi connectivity index (χ1) is 7.63. The first kappa shape index (κ1) is 12.4. The van der Waals surface area contributed by atoms with Crippen molar-refractivity contribution in [2.24, 2.45) is 23.5 Å². The van der Waals surface area contributed by atoms with Crippen molar-refractivity contribution >= 4 is 0 Å². The summed E-state index contributed by atoms with van der Waals surface area (Å²) in [4.78, 5) is 2.66. The summed E-state index contributed by atoms with van der Waals surface area (Å²) >= 11 is 0. The van der Waals surface area contributed by atoms with Gasteiger partial charge >= 0.3 is 0 Å². The average molecular weight is 224 g/mol. The molecule has 2 heteroatoms. The van der Waals surface area contributed by atoms with E-state index < -0.39 is 0 Å². The maximum atomic E-state index is 6.23. The van der Waals surface area contributed by atoms with Crippen molar-refractivity contribution < 1.29 is 0 Å². The molecule has 0 aromatic heterocycles. The Morgan fingerprint density at radius 2 is 1.56 bits per heavy atom. The molecule has 16 heavy (non-hydrogen) atoms. The standard InChI is InChI=1S/C14H28N2/c1-11(2)7-14(15)10-16(8-12-3-4-12)9-13-5-6-13/h11-14H,3-10,15H2,1-2H3. The van der Waals surface area contributed by atoms with Crippen LogP contribution in [0.4, 0.5) is 0 Å². The molecule has 0 saturated heterocycles. The van der Waals surface area contributed by atoms with E-state index in [9.17, 15) is 0 Å². The van der Waals surface area contributed by atoms with Gasteiger partial charge in [-0.1, -0.05) is 13.8 Å². The number of hydrogen-bond acceptors (Lipinski definition) is 2. The van der Waals surface area contributed by atoms with Crippen molar-refractivity contribution in [1.29, 1.82) is 0 Å². The van der Waals surface area contributed by atoms with Crippen LogP contribution < -0.4 is 5.73 Å². The minimum absolute atomic E-state index is 0.387. The summed E-state index contributed by atoms with van der Waals surface area (Å²) in [6.07, 6.45) is 7.01. The van der Waals surface area contributed by atoms with Gasteiger partial charge in [0.2, 0.25) is 0 Å². The van der Waals surface area contributed by atoms with Crippen molar-refractivity contribution in [2.75, 3.05) is 19.6 Å². The molecule has 0 aromatic rings. The number of hydrogen-bond donors (Lipinski definition) is 1. The molecule has 0 aromatic carbocycles. The third-order valence-corrected chi connectivity index (χ3v) is 3.69. The normalized spacial score (nSPS) is 23.1. The first-order valence-corrected chi connectivity index (χ1v) is 7.11. The van der Waals surface area contributed by atoms with Crippen LogP contribution in [0.25, 0.3) is 0 Å². The molecule has 2 rings (SSSR count). The summed E-state index contributed by atoms with van der Waals surface area (Å²) in [5, 5.41) is 0. The topological polar surface area (TPSA) is 29.3 Å². The van der Waals surface area contributed by atoms with Crippen LogP contribution in [0.1, 0.15) is 46.0 Å². The van der Waals surface area contributed by atoms with E-state index in [1.807, 2.05) is 0 Å². The van der Waals surface area contributed by atoms with E-state index in [0.717, 1.165) is 24.3 Å². The van der Waals surface area contributed by atoms with Crippen LogP contribution in [-0.2, 0) is 0 Å². The molecule has 94 valence electrons. The molecular weight excluding hydrogens is 196 g/mol. The maximum absolute atomic E-state index is 6.23. The van der Waals surface area contributed by atoms with Crippen molar-refractivity contribution in [3.63, 3.8) is 0 Å². The van der Waals surface area contributed by atoms with Crippen LogP contribution in [0.2, 0.25) is 0 Å². The fourth-order valence-electron chi connectivity index (χ4n) is 2.57. The van der Waals surface area contributed by atoms with E-state index in [2.05, 4.69) is 18.7 Å². The zero-order valence-electron chi connectivity index (χ0n) is 11.0. The van der Waals surface area contributed by atoms with E-state index >= 15 is 0 Å². The molecule has 0 spiro atoms. The van der Waals surface area contributed by atoms with Crippen molar-refractivity contribution in [3.8, 4) is 0 Å². The molecule has 2 fully saturated rings. The lowest BCUT2D eigenvalue weighted by Gasteiger charge is -2.26. The lowest BCUT2D eigenvalue weighted by molar-refractivity contribution is 0.228. The monoisotopic (exact) mass is 224 g/mol. The molecule has 0 radical (unpaired) electrons. The SMILES string of the molecule is CC(C)CC(N)CN(CC1CC1)CC1CC1. The largest absolute Gasteiger partial charge is 0.327 e. The molecule has 1 atom stereocenters. The minimum atomic E-state index is 0.387. The molecule has 2 nitrogen and oxygen atoms in total. The quantitative estimate of drug-likeness (QED) is 0.686. The van der Waals surface area contributed by atoms with Gasteiger partial charge in [0.15, 0.2) is 0 Å². The predicted molar refractivity (Wildman–Crippen MR) is 69.3 cm³/mol. The van der Waals surface area contributed by atoms with Crippen molar-refractivity contribution in [1.82, 2.24) is 4.90 Å². The summed E-state index contributed by atoms with van der Waals surface area (Å²) < 4.78 is 0. The third-order valence-electron chi connectivity index (χ3n) is 3.69. The zero-order chi connectivity index (χ0) is 11.5. The van der Waals surface area contributed by atoms with Gasteiger partial charge in [-0.2, -0.15) is 0 Å². The summed E-state index contributed by atoms with van der Waals surface area (Å²) in [7, 11) is 0. The number of nitrogens with two attached hydrogens (primary N) is 1. The molecule has 2 aliphatic rings. The average Bonchev–Trinajstić information content (AvgIpc) is 2.97. The van der Waals surface area contributed by atoms with Gasteiger partial charge in [0.1, 0.15) is 0 Å².